The summed E-state index contributed by atoms with van der Waals surface area (Å²) in [5.41, 5.74) is 6.35. The first-order chi connectivity index (χ1) is 17.4. The number of rotatable bonds is 8. The second-order valence-corrected chi connectivity index (χ2v) is 9.49. The van der Waals surface area contributed by atoms with Gasteiger partial charge in [0.25, 0.3) is 0 Å². The SMILES string of the molecule is Cc1cc(O[C@@H]2COC[C@H]2O)cc(C)c1-c1cccc(COc2ccc3c(c2)OC[C@H]3CC(=O)O)c1. The minimum Gasteiger partial charge on any atom is -0.492 e. The fourth-order valence-corrected chi connectivity index (χ4v) is 4.97. The van der Waals surface area contributed by atoms with Crippen molar-refractivity contribution >= 4 is 5.97 Å². The highest BCUT2D eigenvalue weighted by molar-refractivity contribution is 5.72. The van der Waals surface area contributed by atoms with Crippen molar-refractivity contribution < 1.29 is 34.0 Å². The molecule has 7 heteroatoms. The Kier molecular flexibility index (Phi) is 6.85. The van der Waals surface area contributed by atoms with Gasteiger partial charge in [-0.3, -0.25) is 4.79 Å². The zero-order valence-corrected chi connectivity index (χ0v) is 20.4. The summed E-state index contributed by atoms with van der Waals surface area (Å²) in [4.78, 5) is 11.1. The Morgan fingerprint density at radius 2 is 1.81 bits per heavy atom. The number of carbonyl (C=O) groups is 1. The van der Waals surface area contributed by atoms with Crippen LogP contribution in [0.5, 0.6) is 17.2 Å². The maximum atomic E-state index is 11.1. The molecule has 3 aromatic rings. The van der Waals surface area contributed by atoms with E-state index in [2.05, 4.69) is 26.0 Å². The molecule has 0 aliphatic carbocycles. The van der Waals surface area contributed by atoms with Gasteiger partial charge in [0.1, 0.15) is 36.1 Å². The Balaban J connectivity index is 1.28. The minimum atomic E-state index is -0.827. The summed E-state index contributed by atoms with van der Waals surface area (Å²) < 4.78 is 23.0. The number of ether oxygens (including phenoxy) is 4. The maximum Gasteiger partial charge on any atom is 0.304 e. The van der Waals surface area contributed by atoms with Crippen LogP contribution in [0.15, 0.2) is 54.6 Å². The highest BCUT2D eigenvalue weighted by Gasteiger charge is 2.28. The van der Waals surface area contributed by atoms with Crippen LogP contribution in [0, 0.1) is 13.8 Å². The monoisotopic (exact) mass is 490 g/mol. The summed E-state index contributed by atoms with van der Waals surface area (Å²) in [5.74, 6) is 1.15. The Labute approximate surface area is 210 Å². The molecule has 3 atom stereocenters. The molecule has 2 heterocycles. The molecule has 0 unspecified atom stereocenters. The van der Waals surface area contributed by atoms with Gasteiger partial charge in [0.15, 0.2) is 0 Å². The Morgan fingerprint density at radius 3 is 2.53 bits per heavy atom. The third-order valence-electron chi connectivity index (χ3n) is 6.70. The van der Waals surface area contributed by atoms with Gasteiger partial charge in [0.2, 0.25) is 0 Å². The van der Waals surface area contributed by atoms with Crippen molar-refractivity contribution in [3.63, 3.8) is 0 Å². The number of carboxylic acid groups (broad SMARTS) is 1. The summed E-state index contributed by atoms with van der Waals surface area (Å²) in [6.07, 6.45) is -0.892. The zero-order chi connectivity index (χ0) is 25.2. The van der Waals surface area contributed by atoms with Gasteiger partial charge in [-0.1, -0.05) is 24.3 Å². The van der Waals surface area contributed by atoms with Gasteiger partial charge < -0.3 is 29.2 Å². The topological polar surface area (TPSA) is 94.5 Å². The number of carboxylic acids is 1. The van der Waals surface area contributed by atoms with E-state index in [1.165, 1.54) is 0 Å². The molecule has 36 heavy (non-hydrogen) atoms. The number of hydrogen-bond acceptors (Lipinski definition) is 6. The molecular weight excluding hydrogens is 460 g/mol. The lowest BCUT2D eigenvalue weighted by Crippen LogP contribution is -2.29. The van der Waals surface area contributed by atoms with Crippen molar-refractivity contribution in [3.05, 3.63) is 76.9 Å². The highest BCUT2D eigenvalue weighted by atomic mass is 16.6. The van der Waals surface area contributed by atoms with Crippen LogP contribution in [0.4, 0.5) is 0 Å². The Bertz CT molecular complexity index is 1250. The number of aryl methyl sites for hydroxylation is 2. The molecule has 0 radical (unpaired) electrons. The average Bonchev–Trinajstić information content (AvgIpc) is 3.42. The quantitative estimate of drug-likeness (QED) is 0.475. The lowest BCUT2D eigenvalue weighted by Gasteiger charge is -2.19. The molecule has 0 aromatic heterocycles. The minimum absolute atomic E-state index is 0.0584. The van der Waals surface area contributed by atoms with Crippen LogP contribution in [0.25, 0.3) is 11.1 Å². The van der Waals surface area contributed by atoms with Gasteiger partial charge in [-0.15, -0.1) is 0 Å². The summed E-state index contributed by atoms with van der Waals surface area (Å²) >= 11 is 0. The standard InChI is InChI=1S/C29H30O7/c1-17-8-23(36-27-16-33-15-25(27)30)9-18(2)29(17)20-5-3-4-19(10-20)13-34-22-6-7-24-21(11-28(31)32)14-35-26(24)12-22/h3-10,12,21,25,27,30H,11,13-16H2,1-2H3,(H,31,32)/t21-,25-,27-/m1/s1. The van der Waals surface area contributed by atoms with Gasteiger partial charge in [-0.05, 0) is 65.9 Å². The lowest BCUT2D eigenvalue weighted by atomic mass is 9.94. The molecular formula is C29H30O7. The van der Waals surface area contributed by atoms with Crippen molar-refractivity contribution in [1.82, 2.24) is 0 Å². The molecule has 2 N–H and O–H groups in total. The molecule has 2 aliphatic heterocycles. The fourth-order valence-electron chi connectivity index (χ4n) is 4.97. The fraction of sp³-hybridized carbons (Fsp3) is 0.345. The summed E-state index contributed by atoms with van der Waals surface area (Å²) in [7, 11) is 0. The maximum absolute atomic E-state index is 11.1. The first kappa shape index (κ1) is 24.2. The molecule has 0 bridgehead atoms. The molecule has 0 spiro atoms. The zero-order valence-electron chi connectivity index (χ0n) is 20.4. The molecule has 188 valence electrons. The Morgan fingerprint density at radius 1 is 1.00 bits per heavy atom. The van der Waals surface area contributed by atoms with Gasteiger partial charge in [0, 0.05) is 17.5 Å². The van der Waals surface area contributed by atoms with E-state index >= 15 is 0 Å². The van der Waals surface area contributed by atoms with Gasteiger partial charge >= 0.3 is 5.97 Å². The number of hydrogen-bond donors (Lipinski definition) is 2. The molecule has 7 nitrogen and oxygen atoms in total. The van der Waals surface area contributed by atoms with Crippen molar-refractivity contribution in [2.75, 3.05) is 19.8 Å². The second-order valence-electron chi connectivity index (χ2n) is 9.49. The third-order valence-corrected chi connectivity index (χ3v) is 6.70. The third kappa shape index (κ3) is 5.17. The summed E-state index contributed by atoms with van der Waals surface area (Å²) in [5, 5.41) is 19.1. The van der Waals surface area contributed by atoms with E-state index in [4.69, 9.17) is 24.1 Å². The summed E-state index contributed by atoms with van der Waals surface area (Å²) in [6.45, 7) is 5.58. The molecule has 1 fully saturated rings. The van der Waals surface area contributed by atoms with Crippen LogP contribution >= 0.6 is 0 Å². The molecule has 2 aliphatic rings. The van der Waals surface area contributed by atoms with Crippen molar-refractivity contribution in [2.45, 2.75) is 45.0 Å². The normalized spacial score (nSPS) is 20.6. The van der Waals surface area contributed by atoms with Crippen molar-refractivity contribution in [2.24, 2.45) is 0 Å². The van der Waals surface area contributed by atoms with Crippen LogP contribution in [-0.2, 0) is 16.1 Å². The lowest BCUT2D eigenvalue weighted by molar-refractivity contribution is -0.137. The predicted molar refractivity (Wildman–Crippen MR) is 134 cm³/mol. The van der Waals surface area contributed by atoms with E-state index < -0.39 is 12.1 Å². The molecule has 3 aromatic carbocycles. The highest BCUT2D eigenvalue weighted by Crippen LogP contribution is 2.38. The van der Waals surface area contributed by atoms with E-state index in [0.717, 1.165) is 39.1 Å². The summed E-state index contributed by atoms with van der Waals surface area (Å²) in [6, 6.07) is 17.8. The smallest absolute Gasteiger partial charge is 0.304 e. The van der Waals surface area contributed by atoms with Gasteiger partial charge in [-0.25, -0.2) is 0 Å². The van der Waals surface area contributed by atoms with E-state index in [-0.39, 0.29) is 18.4 Å². The first-order valence-electron chi connectivity index (χ1n) is 12.1. The van der Waals surface area contributed by atoms with E-state index in [1.54, 1.807) is 0 Å². The van der Waals surface area contributed by atoms with Gasteiger partial charge in [0.05, 0.1) is 26.2 Å². The number of fused-ring (bicyclic) bond motifs is 1. The van der Waals surface area contributed by atoms with Crippen LogP contribution in [0.2, 0.25) is 0 Å². The van der Waals surface area contributed by atoms with Gasteiger partial charge in [-0.2, -0.15) is 0 Å². The van der Waals surface area contributed by atoms with Crippen LogP contribution in [0.3, 0.4) is 0 Å². The van der Waals surface area contributed by atoms with Crippen molar-refractivity contribution in [3.8, 4) is 28.4 Å². The van der Waals surface area contributed by atoms with E-state index in [0.29, 0.717) is 37.9 Å². The predicted octanol–water partition coefficient (Wildman–Crippen LogP) is 4.64. The Hall–Kier alpha value is -3.55. The molecule has 0 saturated carbocycles. The molecule has 1 saturated heterocycles. The number of aliphatic hydroxyl groups is 1. The largest absolute Gasteiger partial charge is 0.492 e. The number of aliphatic hydroxyl groups excluding tert-OH is 1. The number of benzene rings is 3. The molecule has 0 amide bonds. The van der Waals surface area contributed by atoms with Crippen molar-refractivity contribution in [1.29, 1.82) is 0 Å². The molecule has 5 rings (SSSR count). The van der Waals surface area contributed by atoms with Crippen LogP contribution < -0.4 is 14.2 Å². The van der Waals surface area contributed by atoms with E-state index in [1.807, 2.05) is 42.5 Å². The first-order valence-corrected chi connectivity index (χ1v) is 12.1. The van der Waals surface area contributed by atoms with Crippen LogP contribution in [-0.4, -0.2) is 48.2 Å². The van der Waals surface area contributed by atoms with Crippen LogP contribution in [0.1, 0.15) is 34.6 Å². The van der Waals surface area contributed by atoms with E-state index in [9.17, 15) is 9.90 Å². The second kappa shape index (κ2) is 10.2. The average molecular weight is 491 g/mol. The number of aliphatic carboxylic acids is 1.